The molecule has 1 unspecified atom stereocenters. The SMILES string of the molecule is CCc1nn(C)c(CN2CCCC3(CCCNC3)C2)c1Cl. The van der Waals surface area contributed by atoms with E-state index in [1.54, 1.807) is 0 Å². The zero-order chi connectivity index (χ0) is 14.9. The van der Waals surface area contributed by atoms with Gasteiger partial charge in [0.15, 0.2) is 0 Å². The minimum absolute atomic E-state index is 0.495. The van der Waals surface area contributed by atoms with Gasteiger partial charge in [-0.05, 0) is 50.6 Å². The molecule has 3 rings (SSSR count). The second kappa shape index (κ2) is 6.27. The Morgan fingerprint density at radius 2 is 2.14 bits per heavy atom. The van der Waals surface area contributed by atoms with Crippen LogP contribution < -0.4 is 5.32 Å². The number of likely N-dealkylation sites (tertiary alicyclic amines) is 1. The average Bonchev–Trinajstić information content (AvgIpc) is 2.76. The molecule has 2 fully saturated rings. The van der Waals surface area contributed by atoms with Crippen molar-refractivity contribution in [2.45, 2.75) is 45.6 Å². The van der Waals surface area contributed by atoms with Gasteiger partial charge in [-0.1, -0.05) is 18.5 Å². The molecule has 1 spiro atoms. The van der Waals surface area contributed by atoms with E-state index in [0.29, 0.717) is 5.41 Å². The highest BCUT2D eigenvalue weighted by Gasteiger charge is 2.36. The van der Waals surface area contributed by atoms with Gasteiger partial charge in [0.25, 0.3) is 0 Å². The third-order valence-electron chi connectivity index (χ3n) is 5.18. The predicted octanol–water partition coefficient (Wildman–Crippen LogP) is 2.60. The lowest BCUT2D eigenvalue weighted by molar-refractivity contribution is 0.0587. The van der Waals surface area contributed by atoms with E-state index in [9.17, 15) is 0 Å². The van der Waals surface area contributed by atoms with E-state index in [0.717, 1.165) is 23.7 Å². The number of nitrogens with zero attached hydrogens (tertiary/aromatic N) is 3. The third kappa shape index (κ3) is 3.13. The molecular formula is C16H27ClN4. The van der Waals surface area contributed by atoms with E-state index >= 15 is 0 Å². The summed E-state index contributed by atoms with van der Waals surface area (Å²) in [6.07, 6.45) is 6.27. The number of piperidine rings is 2. The molecule has 4 nitrogen and oxygen atoms in total. The predicted molar refractivity (Wildman–Crippen MR) is 86.6 cm³/mol. The Labute approximate surface area is 132 Å². The monoisotopic (exact) mass is 310 g/mol. The fourth-order valence-electron chi connectivity index (χ4n) is 4.03. The Hall–Kier alpha value is -0.580. The molecule has 0 amide bonds. The molecule has 2 saturated heterocycles. The van der Waals surface area contributed by atoms with E-state index in [-0.39, 0.29) is 0 Å². The van der Waals surface area contributed by atoms with Crippen molar-refractivity contribution in [3.63, 3.8) is 0 Å². The zero-order valence-corrected chi connectivity index (χ0v) is 14.0. The normalized spacial score (nSPS) is 27.4. The molecule has 118 valence electrons. The Bertz CT molecular complexity index is 485. The topological polar surface area (TPSA) is 33.1 Å². The first-order chi connectivity index (χ1) is 10.1. The van der Waals surface area contributed by atoms with Crippen molar-refractivity contribution in [3.05, 3.63) is 16.4 Å². The molecule has 21 heavy (non-hydrogen) atoms. The fourth-order valence-corrected chi connectivity index (χ4v) is 4.38. The van der Waals surface area contributed by atoms with E-state index < -0.39 is 0 Å². The highest BCUT2D eigenvalue weighted by atomic mass is 35.5. The Kier molecular flexibility index (Phi) is 4.57. The van der Waals surface area contributed by atoms with Crippen LogP contribution in [-0.2, 0) is 20.0 Å². The number of hydrogen-bond donors (Lipinski definition) is 1. The quantitative estimate of drug-likeness (QED) is 0.931. The van der Waals surface area contributed by atoms with E-state index in [4.69, 9.17) is 11.6 Å². The van der Waals surface area contributed by atoms with Gasteiger partial charge in [-0.15, -0.1) is 0 Å². The number of aromatic nitrogens is 2. The van der Waals surface area contributed by atoms with Gasteiger partial charge in [0.05, 0.1) is 16.4 Å². The van der Waals surface area contributed by atoms with Crippen LogP contribution in [0.3, 0.4) is 0 Å². The zero-order valence-electron chi connectivity index (χ0n) is 13.3. The summed E-state index contributed by atoms with van der Waals surface area (Å²) < 4.78 is 1.97. The third-order valence-corrected chi connectivity index (χ3v) is 5.61. The Morgan fingerprint density at radius 3 is 2.81 bits per heavy atom. The minimum atomic E-state index is 0.495. The standard InChI is InChI=1S/C16H27ClN4/c1-3-13-15(17)14(20(2)19-13)10-21-9-5-7-16(12-21)6-4-8-18-11-16/h18H,3-12H2,1-2H3. The molecular weight excluding hydrogens is 284 g/mol. The van der Waals surface area contributed by atoms with Crippen molar-refractivity contribution < 1.29 is 0 Å². The van der Waals surface area contributed by atoms with Crippen molar-refractivity contribution in [2.75, 3.05) is 26.2 Å². The molecule has 0 aliphatic carbocycles. The van der Waals surface area contributed by atoms with Gasteiger partial charge in [0, 0.05) is 26.7 Å². The van der Waals surface area contributed by atoms with Crippen molar-refractivity contribution in [1.82, 2.24) is 20.0 Å². The van der Waals surface area contributed by atoms with Gasteiger partial charge >= 0.3 is 0 Å². The minimum Gasteiger partial charge on any atom is -0.316 e. The summed E-state index contributed by atoms with van der Waals surface area (Å²) >= 11 is 6.50. The second-order valence-corrected chi connectivity index (χ2v) is 7.16. The van der Waals surface area contributed by atoms with Crippen molar-refractivity contribution in [3.8, 4) is 0 Å². The molecule has 1 atom stereocenters. The summed E-state index contributed by atoms with van der Waals surface area (Å²) in [5.41, 5.74) is 2.70. The molecule has 1 N–H and O–H groups in total. The number of aryl methyl sites for hydroxylation is 2. The van der Waals surface area contributed by atoms with Crippen LogP contribution in [-0.4, -0.2) is 40.9 Å². The first-order valence-electron chi connectivity index (χ1n) is 8.27. The number of hydrogen-bond acceptors (Lipinski definition) is 3. The Balaban J connectivity index is 1.71. The number of halogens is 1. The van der Waals surface area contributed by atoms with Crippen LogP contribution in [0.15, 0.2) is 0 Å². The molecule has 1 aromatic rings. The van der Waals surface area contributed by atoms with Crippen LogP contribution in [0.4, 0.5) is 0 Å². The van der Waals surface area contributed by atoms with Gasteiger partial charge in [0.1, 0.15) is 0 Å². The van der Waals surface area contributed by atoms with Crippen LogP contribution in [0.1, 0.15) is 44.0 Å². The van der Waals surface area contributed by atoms with Gasteiger partial charge < -0.3 is 5.32 Å². The molecule has 5 heteroatoms. The molecule has 0 saturated carbocycles. The lowest BCUT2D eigenvalue weighted by atomic mass is 9.74. The first-order valence-corrected chi connectivity index (χ1v) is 8.65. The average molecular weight is 311 g/mol. The molecule has 0 bridgehead atoms. The van der Waals surface area contributed by atoms with E-state index in [1.165, 1.54) is 57.6 Å². The van der Waals surface area contributed by atoms with Gasteiger partial charge in [-0.2, -0.15) is 5.10 Å². The summed E-state index contributed by atoms with van der Waals surface area (Å²) in [4.78, 5) is 2.58. The van der Waals surface area contributed by atoms with Crippen molar-refractivity contribution in [1.29, 1.82) is 0 Å². The highest BCUT2D eigenvalue weighted by molar-refractivity contribution is 6.31. The number of rotatable bonds is 3. The van der Waals surface area contributed by atoms with Crippen LogP contribution in [0.5, 0.6) is 0 Å². The molecule has 0 aromatic carbocycles. The van der Waals surface area contributed by atoms with Crippen LogP contribution in [0, 0.1) is 5.41 Å². The van der Waals surface area contributed by atoms with E-state index in [2.05, 4.69) is 22.2 Å². The number of nitrogens with one attached hydrogen (secondary N) is 1. The van der Waals surface area contributed by atoms with Crippen LogP contribution >= 0.6 is 11.6 Å². The molecule has 1 aromatic heterocycles. The lowest BCUT2D eigenvalue weighted by Gasteiger charge is -2.45. The molecule has 2 aliphatic heterocycles. The van der Waals surface area contributed by atoms with Crippen molar-refractivity contribution >= 4 is 11.6 Å². The van der Waals surface area contributed by atoms with Gasteiger partial charge in [-0.25, -0.2) is 0 Å². The lowest BCUT2D eigenvalue weighted by Crippen LogP contribution is -2.50. The summed E-state index contributed by atoms with van der Waals surface area (Å²) in [5, 5.41) is 9.02. The maximum Gasteiger partial charge on any atom is 0.0863 e. The van der Waals surface area contributed by atoms with Crippen molar-refractivity contribution in [2.24, 2.45) is 12.5 Å². The summed E-state index contributed by atoms with van der Waals surface area (Å²) in [6, 6.07) is 0. The molecule has 3 heterocycles. The van der Waals surface area contributed by atoms with Gasteiger partial charge in [-0.3, -0.25) is 9.58 Å². The summed E-state index contributed by atoms with van der Waals surface area (Å²) in [5.74, 6) is 0. The van der Waals surface area contributed by atoms with Gasteiger partial charge in [0.2, 0.25) is 0 Å². The van der Waals surface area contributed by atoms with E-state index in [1.807, 2.05) is 11.7 Å². The fraction of sp³-hybridized carbons (Fsp3) is 0.812. The maximum atomic E-state index is 6.50. The largest absolute Gasteiger partial charge is 0.316 e. The highest BCUT2D eigenvalue weighted by Crippen LogP contribution is 2.36. The smallest absolute Gasteiger partial charge is 0.0863 e. The second-order valence-electron chi connectivity index (χ2n) is 6.78. The summed E-state index contributed by atoms with van der Waals surface area (Å²) in [7, 11) is 2.02. The molecule has 0 radical (unpaired) electrons. The van der Waals surface area contributed by atoms with Crippen LogP contribution in [0.25, 0.3) is 0 Å². The summed E-state index contributed by atoms with van der Waals surface area (Å²) in [6.45, 7) is 7.80. The Morgan fingerprint density at radius 1 is 1.33 bits per heavy atom. The van der Waals surface area contributed by atoms with Crippen LogP contribution in [0.2, 0.25) is 5.02 Å². The maximum absolute atomic E-state index is 6.50. The molecule has 2 aliphatic rings. The first kappa shape index (κ1) is 15.3.